The van der Waals surface area contributed by atoms with Crippen molar-refractivity contribution in [3.05, 3.63) is 72.1 Å². The van der Waals surface area contributed by atoms with Gasteiger partial charge in [-0.05, 0) is 43.2 Å². The molecule has 3 rings (SSSR count). The van der Waals surface area contributed by atoms with E-state index < -0.39 is 0 Å². The fourth-order valence-corrected chi connectivity index (χ4v) is 2.88. The Bertz CT molecular complexity index is 930. The van der Waals surface area contributed by atoms with Crippen LogP contribution in [0.4, 0.5) is 0 Å². The molecule has 2 aromatic carbocycles. The van der Waals surface area contributed by atoms with E-state index in [1.165, 1.54) is 0 Å². The van der Waals surface area contributed by atoms with Crippen LogP contribution in [0.5, 0.6) is 5.75 Å². The van der Waals surface area contributed by atoms with E-state index in [1.807, 2.05) is 61.5 Å². The number of ether oxygens (including phenoxy) is 2. The van der Waals surface area contributed by atoms with Gasteiger partial charge in [0, 0.05) is 25.3 Å². The van der Waals surface area contributed by atoms with Gasteiger partial charge >= 0.3 is 0 Å². The van der Waals surface area contributed by atoms with Gasteiger partial charge < -0.3 is 24.5 Å². The lowest BCUT2D eigenvalue weighted by atomic mass is 10.2. The lowest BCUT2D eigenvalue weighted by molar-refractivity contribution is 0.145. The molecule has 2 N–H and O–H groups in total. The summed E-state index contributed by atoms with van der Waals surface area (Å²) in [5, 5.41) is 6.69. The highest BCUT2D eigenvalue weighted by Gasteiger charge is 2.07. The molecule has 0 saturated heterocycles. The number of rotatable bonds is 11. The standard InChI is InChI=1S/C24H30N4O3.HI/c1-3-30-15-7-14-25-24(26-16-19-10-12-22(29-2)13-11-19)27-17-21-18-31-23(28-21)20-8-5-4-6-9-20;/h4-6,8-13,18H,3,7,14-17H2,1-2H3,(H2,25,26,27);1H. The Hall–Kier alpha value is -2.59. The zero-order valence-electron chi connectivity index (χ0n) is 18.5. The normalized spacial score (nSPS) is 11.0. The number of guanidine groups is 1. The van der Waals surface area contributed by atoms with E-state index in [0.29, 0.717) is 19.0 Å². The van der Waals surface area contributed by atoms with Gasteiger partial charge in [0.1, 0.15) is 12.0 Å². The number of aromatic nitrogens is 1. The molecule has 0 unspecified atom stereocenters. The Morgan fingerprint density at radius 1 is 1.06 bits per heavy atom. The Kier molecular flexibility index (Phi) is 11.6. The Morgan fingerprint density at radius 2 is 1.84 bits per heavy atom. The average Bonchev–Trinajstić information content (AvgIpc) is 3.30. The van der Waals surface area contributed by atoms with Crippen LogP contribution in [0.3, 0.4) is 0 Å². The van der Waals surface area contributed by atoms with E-state index in [2.05, 4.69) is 15.6 Å². The molecule has 0 saturated carbocycles. The third-order valence-corrected chi connectivity index (χ3v) is 4.55. The molecule has 0 bridgehead atoms. The number of nitrogens with one attached hydrogen (secondary N) is 2. The number of nitrogens with zero attached hydrogens (tertiary/aromatic N) is 2. The summed E-state index contributed by atoms with van der Waals surface area (Å²) in [4.78, 5) is 9.27. The highest BCUT2D eigenvalue weighted by Crippen LogP contribution is 2.17. The summed E-state index contributed by atoms with van der Waals surface area (Å²) in [7, 11) is 1.66. The van der Waals surface area contributed by atoms with Crippen LogP contribution < -0.4 is 15.4 Å². The lowest BCUT2D eigenvalue weighted by Gasteiger charge is -2.12. The number of hydrogen-bond donors (Lipinski definition) is 2. The SMILES string of the molecule is CCOCCCNC(=NCc1ccc(OC)cc1)NCc1coc(-c2ccccc2)n1.I. The zero-order valence-corrected chi connectivity index (χ0v) is 20.9. The molecule has 8 heteroatoms. The second-order valence-corrected chi connectivity index (χ2v) is 6.85. The average molecular weight is 550 g/mol. The number of benzene rings is 2. The van der Waals surface area contributed by atoms with Gasteiger partial charge in [-0.25, -0.2) is 9.98 Å². The summed E-state index contributed by atoms with van der Waals surface area (Å²) >= 11 is 0. The van der Waals surface area contributed by atoms with Crippen molar-refractivity contribution in [2.45, 2.75) is 26.4 Å². The molecule has 0 aliphatic carbocycles. The molecule has 172 valence electrons. The van der Waals surface area contributed by atoms with Gasteiger partial charge in [-0.3, -0.25) is 0 Å². The minimum absolute atomic E-state index is 0. The summed E-state index contributed by atoms with van der Waals surface area (Å²) in [6, 6.07) is 17.8. The molecular weight excluding hydrogens is 519 g/mol. The monoisotopic (exact) mass is 550 g/mol. The van der Waals surface area contributed by atoms with Gasteiger partial charge in [-0.1, -0.05) is 30.3 Å². The van der Waals surface area contributed by atoms with Gasteiger partial charge in [-0.15, -0.1) is 24.0 Å². The fourth-order valence-electron chi connectivity index (χ4n) is 2.88. The number of halogens is 1. The molecule has 0 amide bonds. The molecule has 7 nitrogen and oxygen atoms in total. The largest absolute Gasteiger partial charge is 0.497 e. The van der Waals surface area contributed by atoms with Crippen molar-refractivity contribution in [2.75, 3.05) is 26.9 Å². The molecule has 1 aromatic heterocycles. The van der Waals surface area contributed by atoms with Crippen LogP contribution in [-0.2, 0) is 17.8 Å². The molecule has 0 aliphatic heterocycles. The minimum atomic E-state index is 0. The van der Waals surface area contributed by atoms with Gasteiger partial charge in [0.2, 0.25) is 5.89 Å². The first-order valence-electron chi connectivity index (χ1n) is 10.5. The predicted molar refractivity (Wildman–Crippen MR) is 137 cm³/mol. The molecule has 0 atom stereocenters. The van der Waals surface area contributed by atoms with Crippen LogP contribution in [0.2, 0.25) is 0 Å². The topological polar surface area (TPSA) is 80.9 Å². The van der Waals surface area contributed by atoms with Crippen LogP contribution in [0.25, 0.3) is 11.5 Å². The highest BCUT2D eigenvalue weighted by atomic mass is 127. The maximum absolute atomic E-state index is 5.62. The summed E-state index contributed by atoms with van der Waals surface area (Å²) < 4.78 is 16.2. The summed E-state index contributed by atoms with van der Waals surface area (Å²) in [5.41, 5.74) is 2.87. The third kappa shape index (κ3) is 8.51. The van der Waals surface area contributed by atoms with Crippen LogP contribution in [-0.4, -0.2) is 37.8 Å². The van der Waals surface area contributed by atoms with Gasteiger partial charge in [0.05, 0.1) is 25.9 Å². The van der Waals surface area contributed by atoms with Crippen molar-refractivity contribution in [3.63, 3.8) is 0 Å². The molecule has 1 heterocycles. The Balaban J connectivity index is 0.00000363. The Morgan fingerprint density at radius 3 is 2.56 bits per heavy atom. The van der Waals surface area contributed by atoms with Gasteiger partial charge in [-0.2, -0.15) is 0 Å². The fraction of sp³-hybridized carbons (Fsp3) is 0.333. The second kappa shape index (κ2) is 14.5. The maximum atomic E-state index is 5.62. The second-order valence-electron chi connectivity index (χ2n) is 6.85. The number of oxazole rings is 1. The van der Waals surface area contributed by atoms with Crippen LogP contribution in [0.15, 0.2) is 70.3 Å². The van der Waals surface area contributed by atoms with E-state index in [1.54, 1.807) is 13.4 Å². The van der Waals surface area contributed by atoms with Crippen molar-refractivity contribution < 1.29 is 13.9 Å². The van der Waals surface area contributed by atoms with Crippen molar-refractivity contribution in [3.8, 4) is 17.2 Å². The molecule has 0 radical (unpaired) electrons. The van der Waals surface area contributed by atoms with Crippen LogP contribution >= 0.6 is 24.0 Å². The first-order chi connectivity index (χ1) is 15.3. The van der Waals surface area contributed by atoms with Crippen molar-refractivity contribution in [1.82, 2.24) is 15.6 Å². The van der Waals surface area contributed by atoms with Crippen molar-refractivity contribution in [1.29, 1.82) is 0 Å². The summed E-state index contributed by atoms with van der Waals surface area (Å²) in [6.45, 7) is 5.28. The lowest BCUT2D eigenvalue weighted by Crippen LogP contribution is -2.38. The zero-order chi connectivity index (χ0) is 21.7. The number of hydrogen-bond acceptors (Lipinski definition) is 5. The number of methoxy groups -OCH3 is 1. The van der Waals surface area contributed by atoms with Gasteiger partial charge in [0.15, 0.2) is 5.96 Å². The van der Waals surface area contributed by atoms with Crippen LogP contribution in [0, 0.1) is 0 Å². The minimum Gasteiger partial charge on any atom is -0.497 e. The van der Waals surface area contributed by atoms with Crippen LogP contribution in [0.1, 0.15) is 24.6 Å². The molecule has 0 fully saturated rings. The van der Waals surface area contributed by atoms with E-state index >= 15 is 0 Å². The quantitative estimate of drug-likeness (QED) is 0.157. The summed E-state index contributed by atoms with van der Waals surface area (Å²) in [6.07, 6.45) is 2.57. The van der Waals surface area contributed by atoms with Crippen molar-refractivity contribution in [2.24, 2.45) is 4.99 Å². The maximum Gasteiger partial charge on any atom is 0.226 e. The smallest absolute Gasteiger partial charge is 0.226 e. The first-order valence-corrected chi connectivity index (χ1v) is 10.5. The first kappa shape index (κ1) is 25.7. The summed E-state index contributed by atoms with van der Waals surface area (Å²) in [5.74, 6) is 2.16. The molecule has 32 heavy (non-hydrogen) atoms. The van der Waals surface area contributed by atoms with Gasteiger partial charge in [0.25, 0.3) is 0 Å². The van der Waals surface area contributed by atoms with E-state index in [9.17, 15) is 0 Å². The predicted octanol–water partition coefficient (Wildman–Crippen LogP) is 4.63. The van der Waals surface area contributed by atoms with E-state index in [-0.39, 0.29) is 24.0 Å². The van der Waals surface area contributed by atoms with E-state index in [0.717, 1.165) is 54.7 Å². The number of aliphatic imine (C=N–C) groups is 1. The van der Waals surface area contributed by atoms with Crippen molar-refractivity contribution >= 4 is 29.9 Å². The molecule has 0 aliphatic rings. The highest BCUT2D eigenvalue weighted by molar-refractivity contribution is 14.0. The molecular formula is C24H31IN4O3. The third-order valence-electron chi connectivity index (χ3n) is 4.55. The Labute approximate surface area is 206 Å². The van der Waals surface area contributed by atoms with E-state index in [4.69, 9.17) is 18.9 Å². The molecule has 0 spiro atoms. The molecule has 3 aromatic rings.